The maximum atomic E-state index is 13.1. The van der Waals surface area contributed by atoms with E-state index in [1.165, 1.54) is 6.07 Å². The average molecular weight is 381 g/mol. The van der Waals surface area contributed by atoms with Crippen LogP contribution in [0.15, 0.2) is 61.1 Å². The van der Waals surface area contributed by atoms with Crippen LogP contribution in [0.2, 0.25) is 0 Å². The quantitative estimate of drug-likeness (QED) is 0.553. The van der Waals surface area contributed by atoms with Crippen LogP contribution in [0.3, 0.4) is 0 Å². The maximum Gasteiger partial charge on any atom is 0.416 e. The molecule has 0 amide bonds. The fourth-order valence-corrected chi connectivity index (χ4v) is 2.90. The lowest BCUT2D eigenvalue weighted by atomic mass is 10.0. The predicted octanol–water partition coefficient (Wildman–Crippen LogP) is 2.68. The summed E-state index contributed by atoms with van der Waals surface area (Å²) >= 11 is 0. The third-order valence-corrected chi connectivity index (χ3v) is 4.33. The second kappa shape index (κ2) is 6.99. The molecule has 0 fully saturated rings. The molecule has 9 heteroatoms. The van der Waals surface area contributed by atoms with Crippen molar-refractivity contribution in [3.63, 3.8) is 0 Å². The van der Waals surface area contributed by atoms with E-state index < -0.39 is 11.7 Å². The van der Waals surface area contributed by atoms with E-state index >= 15 is 0 Å². The average Bonchev–Trinajstić information content (AvgIpc) is 3.07. The van der Waals surface area contributed by atoms with Crippen molar-refractivity contribution in [1.82, 2.24) is 19.6 Å². The molecule has 4 rings (SSSR count). The van der Waals surface area contributed by atoms with E-state index in [-0.39, 0.29) is 0 Å². The number of rotatable bonds is 4. The first kappa shape index (κ1) is 18.0. The Morgan fingerprint density at radius 1 is 1.07 bits per heavy atom. The van der Waals surface area contributed by atoms with Gasteiger partial charge in [0.1, 0.15) is 13.7 Å². The van der Waals surface area contributed by atoms with Crippen molar-refractivity contribution in [2.75, 3.05) is 5.32 Å². The number of pyridine rings is 1. The molecule has 0 atom stereocenters. The predicted molar refractivity (Wildman–Crippen MR) is 103 cm³/mol. The van der Waals surface area contributed by atoms with Crippen LogP contribution < -0.4 is 10.8 Å². The topological polar surface area (TPSA) is 55.1 Å². The van der Waals surface area contributed by atoms with E-state index in [9.17, 15) is 13.2 Å². The number of halogens is 3. The molecule has 140 valence electrons. The van der Waals surface area contributed by atoms with Gasteiger partial charge < -0.3 is 5.32 Å². The van der Waals surface area contributed by atoms with Crippen LogP contribution in [0.4, 0.5) is 19.0 Å². The Balaban J connectivity index is 1.76. The van der Waals surface area contributed by atoms with Gasteiger partial charge in [-0.2, -0.15) is 22.8 Å². The minimum atomic E-state index is -4.41. The van der Waals surface area contributed by atoms with Crippen LogP contribution in [0.25, 0.3) is 16.9 Å². The minimum absolute atomic E-state index is 0.391. The van der Waals surface area contributed by atoms with Crippen molar-refractivity contribution >= 4 is 24.8 Å². The highest BCUT2D eigenvalue weighted by atomic mass is 19.4. The van der Waals surface area contributed by atoms with Gasteiger partial charge in [0.2, 0.25) is 0 Å². The van der Waals surface area contributed by atoms with Crippen LogP contribution in [0.5, 0.6) is 0 Å². The lowest BCUT2D eigenvalue weighted by Gasteiger charge is -2.12. The molecule has 0 spiro atoms. The fraction of sp³-hybridized carbons (Fsp3) is 0.105. The molecule has 0 bridgehead atoms. The van der Waals surface area contributed by atoms with Gasteiger partial charge in [0.05, 0.1) is 11.3 Å². The van der Waals surface area contributed by atoms with Gasteiger partial charge >= 0.3 is 6.18 Å². The van der Waals surface area contributed by atoms with Gasteiger partial charge in [-0.05, 0) is 29.2 Å². The molecule has 0 aliphatic carbocycles. The number of hydrogen-bond donors (Lipinski definition) is 1. The van der Waals surface area contributed by atoms with Gasteiger partial charge in [-0.25, -0.2) is 4.98 Å². The number of anilines is 1. The van der Waals surface area contributed by atoms with E-state index in [2.05, 4.69) is 20.4 Å². The molecule has 0 unspecified atom stereocenters. The number of hydrogen-bond acceptors (Lipinski definition) is 4. The zero-order valence-corrected chi connectivity index (χ0v) is 14.9. The molecule has 1 aromatic carbocycles. The normalized spacial score (nSPS) is 11.7. The van der Waals surface area contributed by atoms with Crippen molar-refractivity contribution < 1.29 is 13.2 Å². The van der Waals surface area contributed by atoms with Gasteiger partial charge in [0.25, 0.3) is 0 Å². The summed E-state index contributed by atoms with van der Waals surface area (Å²) in [7, 11) is 1.86. The van der Waals surface area contributed by atoms with Crippen molar-refractivity contribution in [2.24, 2.45) is 0 Å². The number of fused-ring (bicyclic) bond motifs is 1. The van der Waals surface area contributed by atoms with Crippen LogP contribution in [-0.4, -0.2) is 27.4 Å². The first-order valence-electron chi connectivity index (χ1n) is 8.57. The molecular formula is C19H15BF3N5. The summed E-state index contributed by atoms with van der Waals surface area (Å²) < 4.78 is 40.9. The SMILES string of the molecule is Bc1cnn2c(NCc3cccnc3)cc(-c3cccc(C(F)(F)F)c3)nc12. The Bertz CT molecular complexity index is 1130. The third kappa shape index (κ3) is 3.55. The van der Waals surface area contributed by atoms with Gasteiger partial charge in [0.15, 0.2) is 5.65 Å². The summed E-state index contributed by atoms with van der Waals surface area (Å²) in [5.41, 5.74) is 2.51. The molecule has 5 nitrogen and oxygen atoms in total. The highest BCUT2D eigenvalue weighted by Gasteiger charge is 2.30. The zero-order valence-electron chi connectivity index (χ0n) is 14.9. The molecule has 1 N–H and O–H groups in total. The third-order valence-electron chi connectivity index (χ3n) is 4.33. The first-order chi connectivity index (χ1) is 13.4. The van der Waals surface area contributed by atoms with Crippen molar-refractivity contribution in [2.45, 2.75) is 12.7 Å². The molecule has 0 saturated carbocycles. The summed E-state index contributed by atoms with van der Waals surface area (Å²) in [6.07, 6.45) is 0.700. The highest BCUT2D eigenvalue weighted by Crippen LogP contribution is 2.32. The molecule has 0 aliphatic rings. The first-order valence-corrected chi connectivity index (χ1v) is 8.57. The standard InChI is InChI=1S/C19H15BF3N5/c20-15-11-26-28-17(25-10-12-3-2-6-24-9-12)8-16(27-18(15)28)13-4-1-5-14(7-13)19(21,22)23/h1-9,11,25H,10,20H2. The van der Waals surface area contributed by atoms with Gasteiger partial charge in [-0.3, -0.25) is 4.98 Å². The van der Waals surface area contributed by atoms with Crippen molar-refractivity contribution in [1.29, 1.82) is 0 Å². The molecule has 4 aromatic rings. The second-order valence-electron chi connectivity index (χ2n) is 6.38. The highest BCUT2D eigenvalue weighted by molar-refractivity contribution is 6.36. The molecule has 28 heavy (non-hydrogen) atoms. The number of nitrogens with zero attached hydrogens (tertiary/aromatic N) is 4. The number of alkyl halides is 3. The largest absolute Gasteiger partial charge is 0.416 e. The van der Waals surface area contributed by atoms with Crippen LogP contribution in [0, 0.1) is 0 Å². The Kier molecular flexibility index (Phi) is 4.50. The Labute approximate surface area is 159 Å². The van der Waals surface area contributed by atoms with Crippen LogP contribution in [-0.2, 0) is 12.7 Å². The molecule has 3 heterocycles. The van der Waals surface area contributed by atoms with E-state index in [0.29, 0.717) is 29.3 Å². The molecular weight excluding hydrogens is 366 g/mol. The summed E-state index contributed by atoms with van der Waals surface area (Å²) in [6, 6.07) is 10.6. The van der Waals surface area contributed by atoms with Crippen LogP contribution in [0.1, 0.15) is 11.1 Å². The Hall–Kier alpha value is -3.36. The number of benzene rings is 1. The molecule has 0 aliphatic heterocycles. The summed E-state index contributed by atoms with van der Waals surface area (Å²) in [5, 5.41) is 7.59. The lowest BCUT2D eigenvalue weighted by molar-refractivity contribution is -0.137. The van der Waals surface area contributed by atoms with Crippen molar-refractivity contribution in [3.05, 3.63) is 72.2 Å². The monoisotopic (exact) mass is 381 g/mol. The number of nitrogens with one attached hydrogen (secondary N) is 1. The summed E-state index contributed by atoms with van der Waals surface area (Å²) in [4.78, 5) is 8.60. The summed E-state index contributed by atoms with van der Waals surface area (Å²) in [6.45, 7) is 0.494. The van der Waals surface area contributed by atoms with E-state index in [1.54, 1.807) is 35.2 Å². The Morgan fingerprint density at radius 2 is 1.93 bits per heavy atom. The minimum Gasteiger partial charge on any atom is -0.366 e. The van der Waals surface area contributed by atoms with Gasteiger partial charge in [-0.1, -0.05) is 18.2 Å². The smallest absolute Gasteiger partial charge is 0.366 e. The maximum absolute atomic E-state index is 13.1. The second-order valence-corrected chi connectivity index (χ2v) is 6.38. The summed E-state index contributed by atoms with van der Waals surface area (Å²) in [5.74, 6) is 0.634. The Morgan fingerprint density at radius 3 is 2.68 bits per heavy atom. The van der Waals surface area contributed by atoms with E-state index in [0.717, 1.165) is 23.2 Å². The lowest BCUT2D eigenvalue weighted by Crippen LogP contribution is -2.10. The van der Waals surface area contributed by atoms with E-state index in [1.807, 2.05) is 20.0 Å². The van der Waals surface area contributed by atoms with E-state index in [4.69, 9.17) is 0 Å². The molecule has 0 saturated heterocycles. The molecule has 3 aromatic heterocycles. The number of aromatic nitrogens is 4. The van der Waals surface area contributed by atoms with Gasteiger partial charge in [0, 0.05) is 36.8 Å². The molecule has 0 radical (unpaired) electrons. The van der Waals surface area contributed by atoms with Crippen LogP contribution >= 0.6 is 0 Å². The van der Waals surface area contributed by atoms with Gasteiger partial charge in [-0.15, -0.1) is 0 Å². The van der Waals surface area contributed by atoms with Crippen molar-refractivity contribution in [3.8, 4) is 11.3 Å². The zero-order chi connectivity index (χ0) is 19.7. The fourth-order valence-electron chi connectivity index (χ4n) is 2.90.